The zero-order valence-corrected chi connectivity index (χ0v) is 9.64. The Morgan fingerprint density at radius 3 is 2.50 bits per heavy atom. The first-order valence-electron chi connectivity index (χ1n) is 4.24. The maximum Gasteiger partial charge on any atom is 0.321 e. The number of hydrogen-bond donors (Lipinski definition) is 0. The van der Waals surface area contributed by atoms with Crippen molar-refractivity contribution < 1.29 is 8.42 Å². The molecule has 0 N–H and O–H groups in total. The van der Waals surface area contributed by atoms with Crippen molar-refractivity contribution >= 4 is 25.6 Å². The van der Waals surface area contributed by atoms with Gasteiger partial charge < -0.3 is 0 Å². The minimum absolute atomic E-state index is 0.329. The van der Waals surface area contributed by atoms with Crippen LogP contribution < -0.4 is 4.31 Å². The molecule has 0 aliphatic rings. The lowest BCUT2D eigenvalue weighted by molar-refractivity contribution is 0.605. The molecule has 0 spiro atoms. The SMILES string of the molecule is CCN(c1cccc(C)c1)S(=O)(=O)Cl. The van der Waals surface area contributed by atoms with E-state index in [0.717, 1.165) is 9.87 Å². The minimum atomic E-state index is -3.68. The molecule has 0 saturated heterocycles. The third-order valence-electron chi connectivity index (χ3n) is 1.84. The summed E-state index contributed by atoms with van der Waals surface area (Å²) in [6.45, 7) is 3.97. The highest BCUT2D eigenvalue weighted by molar-refractivity contribution is 8.14. The lowest BCUT2D eigenvalue weighted by atomic mass is 10.2. The van der Waals surface area contributed by atoms with E-state index in [1.54, 1.807) is 25.1 Å². The van der Waals surface area contributed by atoms with Crippen LogP contribution in [0.25, 0.3) is 0 Å². The highest BCUT2D eigenvalue weighted by Crippen LogP contribution is 2.20. The van der Waals surface area contributed by atoms with Gasteiger partial charge in [-0.25, -0.2) is 0 Å². The molecule has 0 unspecified atom stereocenters. The molecule has 14 heavy (non-hydrogen) atoms. The highest BCUT2D eigenvalue weighted by Gasteiger charge is 2.17. The average molecular weight is 234 g/mol. The third-order valence-corrected chi connectivity index (χ3v) is 3.34. The molecule has 1 rings (SSSR count). The molecule has 0 amide bonds. The third kappa shape index (κ3) is 2.62. The summed E-state index contributed by atoms with van der Waals surface area (Å²) in [5, 5.41) is 0. The van der Waals surface area contributed by atoms with Crippen LogP contribution in [-0.4, -0.2) is 15.0 Å². The smallest absolute Gasteiger partial charge is 0.258 e. The monoisotopic (exact) mass is 233 g/mol. The second-order valence-electron chi connectivity index (χ2n) is 2.95. The molecule has 0 radical (unpaired) electrons. The maximum absolute atomic E-state index is 11.2. The van der Waals surface area contributed by atoms with Crippen LogP contribution in [0, 0.1) is 6.92 Å². The predicted octanol–water partition coefficient (Wildman–Crippen LogP) is 2.30. The molecule has 0 aliphatic heterocycles. The van der Waals surface area contributed by atoms with Gasteiger partial charge in [0.1, 0.15) is 0 Å². The van der Waals surface area contributed by atoms with Crippen LogP contribution in [0.5, 0.6) is 0 Å². The van der Waals surface area contributed by atoms with Crippen molar-refractivity contribution in [2.24, 2.45) is 0 Å². The molecule has 0 atom stereocenters. The van der Waals surface area contributed by atoms with Gasteiger partial charge in [0, 0.05) is 17.2 Å². The molecule has 0 aromatic heterocycles. The van der Waals surface area contributed by atoms with Gasteiger partial charge in [0.25, 0.3) is 0 Å². The quantitative estimate of drug-likeness (QED) is 0.752. The first-order valence-corrected chi connectivity index (χ1v) is 6.50. The van der Waals surface area contributed by atoms with E-state index in [2.05, 4.69) is 0 Å². The number of aryl methyl sites for hydroxylation is 1. The van der Waals surface area contributed by atoms with Crippen LogP contribution in [0.2, 0.25) is 0 Å². The Labute approximate surface area is 88.9 Å². The highest BCUT2D eigenvalue weighted by atomic mass is 35.7. The molecule has 1 aromatic carbocycles. The van der Waals surface area contributed by atoms with Crippen LogP contribution in [0.3, 0.4) is 0 Å². The number of anilines is 1. The summed E-state index contributed by atoms with van der Waals surface area (Å²) in [7, 11) is 1.61. The van der Waals surface area contributed by atoms with E-state index in [-0.39, 0.29) is 0 Å². The summed E-state index contributed by atoms with van der Waals surface area (Å²) < 4.78 is 23.5. The molecule has 0 fully saturated rings. The molecule has 0 aliphatic carbocycles. The van der Waals surface area contributed by atoms with Crippen LogP contribution in [0.1, 0.15) is 12.5 Å². The zero-order chi connectivity index (χ0) is 10.8. The van der Waals surface area contributed by atoms with Gasteiger partial charge in [-0.3, -0.25) is 4.31 Å². The zero-order valence-electron chi connectivity index (χ0n) is 8.07. The van der Waals surface area contributed by atoms with E-state index < -0.39 is 9.24 Å². The van der Waals surface area contributed by atoms with Crippen molar-refractivity contribution in [1.82, 2.24) is 0 Å². The van der Waals surface area contributed by atoms with Crippen molar-refractivity contribution in [3.05, 3.63) is 29.8 Å². The first kappa shape index (κ1) is 11.3. The van der Waals surface area contributed by atoms with Gasteiger partial charge in [0.15, 0.2) is 0 Å². The Kier molecular flexibility index (Phi) is 3.39. The minimum Gasteiger partial charge on any atom is -0.258 e. The molecule has 1 aromatic rings. The van der Waals surface area contributed by atoms with Crippen molar-refractivity contribution in [3.8, 4) is 0 Å². The van der Waals surface area contributed by atoms with Crippen molar-refractivity contribution in [2.45, 2.75) is 13.8 Å². The lowest BCUT2D eigenvalue weighted by Crippen LogP contribution is -2.26. The molecule has 78 valence electrons. The van der Waals surface area contributed by atoms with Crippen molar-refractivity contribution in [3.63, 3.8) is 0 Å². The summed E-state index contributed by atoms with van der Waals surface area (Å²) in [6, 6.07) is 7.20. The first-order chi connectivity index (χ1) is 6.45. The Morgan fingerprint density at radius 2 is 2.07 bits per heavy atom. The fourth-order valence-electron chi connectivity index (χ4n) is 1.25. The summed E-state index contributed by atoms with van der Waals surface area (Å²) in [5.74, 6) is 0. The second-order valence-corrected chi connectivity index (χ2v) is 5.38. The molecular weight excluding hydrogens is 222 g/mol. The van der Waals surface area contributed by atoms with Crippen LogP contribution in [0.15, 0.2) is 24.3 Å². The molecular formula is C9H12ClNO2S. The van der Waals surface area contributed by atoms with E-state index in [4.69, 9.17) is 10.7 Å². The van der Waals surface area contributed by atoms with E-state index >= 15 is 0 Å². The van der Waals surface area contributed by atoms with Crippen LogP contribution in [-0.2, 0) is 9.24 Å². The Morgan fingerprint density at radius 1 is 1.43 bits per heavy atom. The Hall–Kier alpha value is -0.740. The van der Waals surface area contributed by atoms with Gasteiger partial charge in [0.2, 0.25) is 0 Å². The van der Waals surface area contributed by atoms with Crippen LogP contribution >= 0.6 is 10.7 Å². The molecule has 0 heterocycles. The molecule has 5 heteroatoms. The van der Waals surface area contributed by atoms with Gasteiger partial charge >= 0.3 is 9.24 Å². The van der Waals surface area contributed by atoms with E-state index in [0.29, 0.717) is 12.2 Å². The van der Waals surface area contributed by atoms with Gasteiger partial charge in [-0.05, 0) is 31.5 Å². The van der Waals surface area contributed by atoms with Gasteiger partial charge in [-0.2, -0.15) is 8.42 Å². The standard InChI is InChI=1S/C9H12ClNO2S/c1-3-11(14(10,12)13)9-6-4-5-8(2)7-9/h4-7H,3H2,1-2H3. The van der Waals surface area contributed by atoms with Gasteiger partial charge in [-0.1, -0.05) is 12.1 Å². The summed E-state index contributed by atoms with van der Waals surface area (Å²) in [4.78, 5) is 0. The summed E-state index contributed by atoms with van der Waals surface area (Å²) >= 11 is 0. The van der Waals surface area contributed by atoms with E-state index in [9.17, 15) is 8.42 Å². The Balaban J connectivity index is 3.14. The Bertz CT molecular complexity index is 417. The number of benzene rings is 1. The van der Waals surface area contributed by atoms with Crippen molar-refractivity contribution in [1.29, 1.82) is 0 Å². The molecule has 0 saturated carbocycles. The molecule has 3 nitrogen and oxygen atoms in total. The average Bonchev–Trinajstić information content (AvgIpc) is 2.02. The number of nitrogens with zero attached hydrogens (tertiary/aromatic N) is 1. The van der Waals surface area contributed by atoms with Crippen LogP contribution in [0.4, 0.5) is 5.69 Å². The fourth-order valence-corrected chi connectivity index (χ4v) is 2.45. The number of rotatable bonds is 3. The number of hydrogen-bond acceptors (Lipinski definition) is 2. The second kappa shape index (κ2) is 4.19. The predicted molar refractivity (Wildman–Crippen MR) is 59.0 cm³/mol. The van der Waals surface area contributed by atoms with Gasteiger partial charge in [-0.15, -0.1) is 0 Å². The van der Waals surface area contributed by atoms with Crippen molar-refractivity contribution in [2.75, 3.05) is 10.8 Å². The molecule has 0 bridgehead atoms. The normalized spacial score (nSPS) is 11.4. The topological polar surface area (TPSA) is 37.4 Å². The maximum atomic E-state index is 11.2. The van der Waals surface area contributed by atoms with E-state index in [1.807, 2.05) is 13.0 Å². The lowest BCUT2D eigenvalue weighted by Gasteiger charge is -2.18. The fraction of sp³-hybridized carbons (Fsp3) is 0.333. The van der Waals surface area contributed by atoms with E-state index in [1.165, 1.54) is 0 Å². The number of halogens is 1. The van der Waals surface area contributed by atoms with Gasteiger partial charge in [0.05, 0.1) is 5.69 Å². The largest absolute Gasteiger partial charge is 0.321 e. The summed E-state index contributed by atoms with van der Waals surface area (Å²) in [5.41, 5.74) is 1.60. The summed E-state index contributed by atoms with van der Waals surface area (Å²) in [6.07, 6.45) is 0.